The summed E-state index contributed by atoms with van der Waals surface area (Å²) in [6, 6.07) is 0. The summed E-state index contributed by atoms with van der Waals surface area (Å²) < 4.78 is 3.06. The highest BCUT2D eigenvalue weighted by Crippen LogP contribution is 2.28. The minimum Gasteiger partial charge on any atom is -0.389 e. The number of rotatable bonds is 3. The SMILES string of the molecule is CCc1nn(C)c(CC2=CC(O)CC2)c1Br. The Kier molecular flexibility index (Phi) is 3.50. The van der Waals surface area contributed by atoms with E-state index >= 15 is 0 Å². The molecule has 16 heavy (non-hydrogen) atoms. The maximum atomic E-state index is 9.46. The van der Waals surface area contributed by atoms with Crippen molar-refractivity contribution in [2.24, 2.45) is 7.05 Å². The van der Waals surface area contributed by atoms with Gasteiger partial charge in [0, 0.05) is 13.5 Å². The molecule has 1 unspecified atom stereocenters. The predicted octanol–water partition coefficient (Wildman–Crippen LogP) is 2.37. The Labute approximate surface area is 104 Å². The van der Waals surface area contributed by atoms with E-state index in [1.807, 2.05) is 17.8 Å². The van der Waals surface area contributed by atoms with Crippen LogP contribution >= 0.6 is 15.9 Å². The summed E-state index contributed by atoms with van der Waals surface area (Å²) in [6.45, 7) is 2.11. The lowest BCUT2D eigenvalue weighted by Gasteiger charge is -2.03. The molecule has 1 aromatic rings. The van der Waals surface area contributed by atoms with Crippen molar-refractivity contribution in [3.63, 3.8) is 0 Å². The molecule has 1 aliphatic carbocycles. The minimum atomic E-state index is -0.243. The van der Waals surface area contributed by atoms with Crippen LogP contribution in [0.15, 0.2) is 16.1 Å². The van der Waals surface area contributed by atoms with Gasteiger partial charge in [-0.25, -0.2) is 0 Å². The molecule has 1 N–H and O–H groups in total. The highest BCUT2D eigenvalue weighted by Gasteiger charge is 2.18. The van der Waals surface area contributed by atoms with Crippen molar-refractivity contribution in [1.82, 2.24) is 9.78 Å². The van der Waals surface area contributed by atoms with Gasteiger partial charge >= 0.3 is 0 Å². The molecule has 1 aromatic heterocycles. The third kappa shape index (κ3) is 2.23. The zero-order valence-corrected chi connectivity index (χ0v) is 11.3. The van der Waals surface area contributed by atoms with Gasteiger partial charge in [0.2, 0.25) is 0 Å². The molecule has 0 saturated heterocycles. The summed E-state index contributed by atoms with van der Waals surface area (Å²) in [7, 11) is 1.98. The molecule has 0 amide bonds. The molecule has 0 fully saturated rings. The Hall–Kier alpha value is -0.610. The molecule has 0 radical (unpaired) electrons. The Bertz CT molecular complexity index is 423. The predicted molar refractivity (Wildman–Crippen MR) is 67.3 cm³/mol. The van der Waals surface area contributed by atoms with Crippen LogP contribution in [0.4, 0.5) is 0 Å². The zero-order valence-electron chi connectivity index (χ0n) is 9.70. The number of allylic oxidation sites excluding steroid dienone is 1. The van der Waals surface area contributed by atoms with Crippen molar-refractivity contribution >= 4 is 15.9 Å². The quantitative estimate of drug-likeness (QED) is 0.866. The number of hydrogen-bond donors (Lipinski definition) is 1. The molecule has 0 aliphatic heterocycles. The number of aryl methyl sites for hydroxylation is 2. The van der Waals surface area contributed by atoms with E-state index in [0.29, 0.717) is 0 Å². The molecule has 0 spiro atoms. The topological polar surface area (TPSA) is 38.0 Å². The average Bonchev–Trinajstić information content (AvgIpc) is 2.77. The van der Waals surface area contributed by atoms with E-state index in [4.69, 9.17) is 0 Å². The second-order valence-corrected chi connectivity index (χ2v) is 5.09. The van der Waals surface area contributed by atoms with Crippen LogP contribution in [0.5, 0.6) is 0 Å². The van der Waals surface area contributed by atoms with E-state index in [1.165, 1.54) is 11.3 Å². The van der Waals surface area contributed by atoms with Crippen molar-refractivity contribution in [2.45, 2.75) is 38.7 Å². The van der Waals surface area contributed by atoms with E-state index in [-0.39, 0.29) is 6.10 Å². The number of nitrogens with zero attached hydrogens (tertiary/aromatic N) is 2. The van der Waals surface area contributed by atoms with Crippen molar-refractivity contribution in [3.05, 3.63) is 27.5 Å². The molecule has 88 valence electrons. The lowest BCUT2D eigenvalue weighted by atomic mass is 10.1. The Morgan fingerprint density at radius 2 is 2.38 bits per heavy atom. The molecular weight excluding hydrogens is 268 g/mol. The van der Waals surface area contributed by atoms with E-state index in [9.17, 15) is 5.11 Å². The normalized spacial score (nSPS) is 20.2. The highest BCUT2D eigenvalue weighted by atomic mass is 79.9. The van der Waals surface area contributed by atoms with E-state index in [1.54, 1.807) is 0 Å². The number of hydrogen-bond acceptors (Lipinski definition) is 2. The van der Waals surface area contributed by atoms with Gasteiger partial charge in [0.1, 0.15) is 0 Å². The van der Waals surface area contributed by atoms with Gasteiger partial charge in [0.05, 0.1) is 22.0 Å². The molecule has 2 rings (SSSR count). The third-order valence-electron chi connectivity index (χ3n) is 3.09. The standard InChI is InChI=1S/C12H17BrN2O/c1-3-10-12(13)11(15(2)14-10)7-8-4-5-9(16)6-8/h6,9,16H,3-5,7H2,1-2H3. The van der Waals surface area contributed by atoms with Gasteiger partial charge < -0.3 is 5.11 Å². The van der Waals surface area contributed by atoms with Gasteiger partial charge in [-0.2, -0.15) is 5.10 Å². The van der Waals surface area contributed by atoms with Gasteiger partial charge in [-0.15, -0.1) is 0 Å². The number of aliphatic hydroxyl groups is 1. The Balaban J connectivity index is 2.21. The third-order valence-corrected chi connectivity index (χ3v) is 4.00. The smallest absolute Gasteiger partial charge is 0.0766 e. The second-order valence-electron chi connectivity index (χ2n) is 4.29. The lowest BCUT2D eigenvalue weighted by molar-refractivity contribution is 0.223. The fourth-order valence-electron chi connectivity index (χ4n) is 2.15. The van der Waals surface area contributed by atoms with Crippen LogP contribution in [0, 0.1) is 0 Å². The molecule has 0 aromatic carbocycles. The summed E-state index contributed by atoms with van der Waals surface area (Å²) in [6.07, 6.45) is 5.43. The first-order valence-corrected chi connectivity index (χ1v) is 6.49. The summed E-state index contributed by atoms with van der Waals surface area (Å²) in [5, 5.41) is 13.9. The average molecular weight is 285 g/mol. The molecular formula is C12H17BrN2O. The lowest BCUT2D eigenvalue weighted by Crippen LogP contribution is -2.00. The summed E-state index contributed by atoms with van der Waals surface area (Å²) in [5.41, 5.74) is 3.63. The van der Waals surface area contributed by atoms with Gasteiger partial charge in [-0.05, 0) is 35.2 Å². The van der Waals surface area contributed by atoms with Crippen LogP contribution in [0.1, 0.15) is 31.2 Å². The second kappa shape index (κ2) is 4.72. The van der Waals surface area contributed by atoms with Gasteiger partial charge in [-0.3, -0.25) is 4.68 Å². The fraction of sp³-hybridized carbons (Fsp3) is 0.583. The van der Waals surface area contributed by atoms with Crippen LogP contribution in [-0.4, -0.2) is 21.0 Å². The Morgan fingerprint density at radius 1 is 1.62 bits per heavy atom. The first-order valence-electron chi connectivity index (χ1n) is 5.69. The fourth-order valence-corrected chi connectivity index (χ4v) is 2.90. The number of aliphatic hydroxyl groups excluding tert-OH is 1. The highest BCUT2D eigenvalue weighted by molar-refractivity contribution is 9.10. The van der Waals surface area contributed by atoms with E-state index in [2.05, 4.69) is 28.0 Å². The molecule has 1 heterocycles. The van der Waals surface area contributed by atoms with Gasteiger partial charge in [0.15, 0.2) is 0 Å². The molecule has 1 aliphatic rings. The zero-order chi connectivity index (χ0) is 11.7. The van der Waals surface area contributed by atoms with E-state index < -0.39 is 0 Å². The summed E-state index contributed by atoms with van der Waals surface area (Å²) in [4.78, 5) is 0. The first-order chi connectivity index (χ1) is 7.61. The Morgan fingerprint density at radius 3 is 2.88 bits per heavy atom. The monoisotopic (exact) mass is 284 g/mol. The molecule has 4 heteroatoms. The van der Waals surface area contributed by atoms with Crippen LogP contribution in [0.25, 0.3) is 0 Å². The van der Waals surface area contributed by atoms with Crippen LogP contribution < -0.4 is 0 Å². The van der Waals surface area contributed by atoms with Crippen molar-refractivity contribution < 1.29 is 5.11 Å². The maximum Gasteiger partial charge on any atom is 0.0766 e. The minimum absolute atomic E-state index is 0.243. The first kappa shape index (κ1) is 11.9. The molecule has 3 nitrogen and oxygen atoms in total. The number of aromatic nitrogens is 2. The maximum absolute atomic E-state index is 9.46. The van der Waals surface area contributed by atoms with Crippen molar-refractivity contribution in [1.29, 1.82) is 0 Å². The van der Waals surface area contributed by atoms with Crippen molar-refractivity contribution in [2.75, 3.05) is 0 Å². The van der Waals surface area contributed by atoms with Crippen LogP contribution in [0.2, 0.25) is 0 Å². The van der Waals surface area contributed by atoms with Gasteiger partial charge in [0.25, 0.3) is 0 Å². The summed E-state index contributed by atoms with van der Waals surface area (Å²) >= 11 is 3.61. The van der Waals surface area contributed by atoms with E-state index in [0.717, 1.165) is 35.8 Å². The molecule has 0 saturated carbocycles. The summed E-state index contributed by atoms with van der Waals surface area (Å²) in [5.74, 6) is 0. The van der Waals surface area contributed by atoms with Crippen LogP contribution in [-0.2, 0) is 19.9 Å². The largest absolute Gasteiger partial charge is 0.389 e. The van der Waals surface area contributed by atoms with Gasteiger partial charge in [-0.1, -0.05) is 18.6 Å². The molecule has 0 bridgehead atoms. The molecule has 1 atom stereocenters. The number of halogens is 1. The van der Waals surface area contributed by atoms with Crippen LogP contribution in [0.3, 0.4) is 0 Å². The van der Waals surface area contributed by atoms with Crippen molar-refractivity contribution in [3.8, 4) is 0 Å².